The number of sulfone groups is 1. The number of nitrogens with zero attached hydrogens (tertiary/aromatic N) is 2. The summed E-state index contributed by atoms with van der Waals surface area (Å²) in [5.41, 5.74) is 0. The molecule has 0 aromatic carbocycles. The fourth-order valence-corrected chi connectivity index (χ4v) is 4.48. The second-order valence-electron chi connectivity index (χ2n) is 5.33. The standard InChI is InChI=1S/C11H23N3O2S/c1-13-5-4-12-7-11(13)8-14(2)10-3-6-17(15,16)9-10/h10-12H,3-9H2,1-2H3. The summed E-state index contributed by atoms with van der Waals surface area (Å²) >= 11 is 0. The summed E-state index contributed by atoms with van der Waals surface area (Å²) in [7, 11) is 1.43. The van der Waals surface area contributed by atoms with E-state index in [0.29, 0.717) is 17.5 Å². The van der Waals surface area contributed by atoms with E-state index in [9.17, 15) is 8.42 Å². The molecule has 2 heterocycles. The highest BCUT2D eigenvalue weighted by atomic mass is 32.2. The van der Waals surface area contributed by atoms with Gasteiger partial charge in [-0.2, -0.15) is 0 Å². The molecule has 2 unspecified atom stereocenters. The molecule has 100 valence electrons. The zero-order chi connectivity index (χ0) is 12.5. The molecule has 2 atom stereocenters. The molecular formula is C11H23N3O2S. The van der Waals surface area contributed by atoms with Gasteiger partial charge in [-0.25, -0.2) is 8.42 Å². The first-order valence-electron chi connectivity index (χ1n) is 6.29. The third-order valence-corrected chi connectivity index (χ3v) is 5.73. The average Bonchev–Trinajstić information content (AvgIpc) is 2.62. The molecule has 2 fully saturated rings. The molecule has 0 saturated carbocycles. The Labute approximate surface area is 104 Å². The van der Waals surface area contributed by atoms with Gasteiger partial charge in [-0.1, -0.05) is 0 Å². The van der Waals surface area contributed by atoms with Gasteiger partial charge in [0.05, 0.1) is 11.5 Å². The Bertz CT molecular complexity index is 358. The Balaban J connectivity index is 1.86. The zero-order valence-electron chi connectivity index (χ0n) is 10.7. The Hall–Kier alpha value is -0.170. The first-order chi connectivity index (χ1) is 7.98. The zero-order valence-corrected chi connectivity index (χ0v) is 11.5. The SMILES string of the molecule is CN1CCNCC1CN(C)C1CCS(=O)(=O)C1. The molecule has 0 aliphatic carbocycles. The summed E-state index contributed by atoms with van der Waals surface area (Å²) in [6, 6.07) is 0.715. The molecule has 5 nitrogen and oxygen atoms in total. The lowest BCUT2D eigenvalue weighted by Gasteiger charge is -2.37. The van der Waals surface area contributed by atoms with Gasteiger partial charge < -0.3 is 10.2 Å². The molecule has 2 saturated heterocycles. The van der Waals surface area contributed by atoms with Crippen molar-refractivity contribution < 1.29 is 8.42 Å². The van der Waals surface area contributed by atoms with Crippen molar-refractivity contribution in [3.05, 3.63) is 0 Å². The number of hydrogen-bond acceptors (Lipinski definition) is 5. The summed E-state index contributed by atoms with van der Waals surface area (Å²) in [6.45, 7) is 4.07. The minimum absolute atomic E-state index is 0.218. The van der Waals surface area contributed by atoms with Crippen LogP contribution in [0.4, 0.5) is 0 Å². The Morgan fingerprint density at radius 1 is 1.47 bits per heavy atom. The molecule has 17 heavy (non-hydrogen) atoms. The van der Waals surface area contributed by atoms with Crippen LogP contribution in [0.25, 0.3) is 0 Å². The van der Waals surface area contributed by atoms with Crippen LogP contribution < -0.4 is 5.32 Å². The lowest BCUT2D eigenvalue weighted by atomic mass is 10.1. The molecule has 1 N–H and O–H groups in total. The summed E-state index contributed by atoms with van der Waals surface area (Å²) in [4.78, 5) is 4.58. The van der Waals surface area contributed by atoms with Crippen LogP contribution >= 0.6 is 0 Å². The van der Waals surface area contributed by atoms with Crippen LogP contribution in [0.2, 0.25) is 0 Å². The minimum Gasteiger partial charge on any atom is -0.314 e. The molecule has 0 aromatic rings. The van der Waals surface area contributed by atoms with E-state index in [1.807, 2.05) is 7.05 Å². The van der Waals surface area contributed by atoms with Crippen molar-refractivity contribution in [3.8, 4) is 0 Å². The second kappa shape index (κ2) is 5.22. The molecule has 0 radical (unpaired) electrons. The molecule has 2 aliphatic rings. The van der Waals surface area contributed by atoms with Gasteiger partial charge in [-0.05, 0) is 20.5 Å². The highest BCUT2D eigenvalue weighted by Gasteiger charge is 2.32. The van der Waals surface area contributed by atoms with E-state index in [-0.39, 0.29) is 6.04 Å². The molecule has 2 aliphatic heterocycles. The first kappa shape index (κ1) is 13.3. The molecule has 2 rings (SSSR count). The van der Waals surface area contributed by atoms with Gasteiger partial charge in [0.15, 0.2) is 9.84 Å². The first-order valence-corrected chi connectivity index (χ1v) is 8.12. The summed E-state index contributed by atoms with van der Waals surface area (Å²) in [5, 5.41) is 3.39. The van der Waals surface area contributed by atoms with E-state index in [1.165, 1.54) is 0 Å². The van der Waals surface area contributed by atoms with Crippen molar-refractivity contribution >= 4 is 9.84 Å². The predicted octanol–water partition coefficient (Wildman–Crippen LogP) is -0.991. The number of likely N-dealkylation sites (N-methyl/N-ethyl adjacent to an activating group) is 2. The molecule has 6 heteroatoms. The van der Waals surface area contributed by atoms with E-state index >= 15 is 0 Å². The highest BCUT2D eigenvalue weighted by Crippen LogP contribution is 2.17. The van der Waals surface area contributed by atoms with E-state index < -0.39 is 9.84 Å². The van der Waals surface area contributed by atoms with Crippen molar-refractivity contribution in [2.75, 3.05) is 51.8 Å². The van der Waals surface area contributed by atoms with E-state index in [0.717, 1.165) is 32.6 Å². The summed E-state index contributed by atoms with van der Waals surface area (Å²) in [5.74, 6) is 0.703. The average molecular weight is 261 g/mol. The Morgan fingerprint density at radius 3 is 2.82 bits per heavy atom. The van der Waals surface area contributed by atoms with Crippen LogP contribution in [0.3, 0.4) is 0 Å². The van der Waals surface area contributed by atoms with Crippen molar-refractivity contribution in [2.45, 2.75) is 18.5 Å². The quantitative estimate of drug-likeness (QED) is 0.707. The second-order valence-corrected chi connectivity index (χ2v) is 7.56. The topological polar surface area (TPSA) is 52.6 Å². The maximum Gasteiger partial charge on any atom is 0.151 e. The highest BCUT2D eigenvalue weighted by molar-refractivity contribution is 7.91. The largest absolute Gasteiger partial charge is 0.314 e. The smallest absolute Gasteiger partial charge is 0.151 e. The van der Waals surface area contributed by atoms with Crippen molar-refractivity contribution in [1.29, 1.82) is 0 Å². The molecular weight excluding hydrogens is 238 g/mol. The van der Waals surface area contributed by atoms with Gasteiger partial charge in [0.1, 0.15) is 0 Å². The number of hydrogen-bond donors (Lipinski definition) is 1. The van der Waals surface area contributed by atoms with Gasteiger partial charge in [-0.3, -0.25) is 4.90 Å². The number of rotatable bonds is 3. The number of nitrogens with one attached hydrogen (secondary N) is 1. The Kier molecular flexibility index (Phi) is 4.07. The van der Waals surface area contributed by atoms with Crippen LogP contribution in [0.15, 0.2) is 0 Å². The van der Waals surface area contributed by atoms with Gasteiger partial charge >= 0.3 is 0 Å². The minimum atomic E-state index is -2.77. The van der Waals surface area contributed by atoms with Crippen LogP contribution in [0.5, 0.6) is 0 Å². The van der Waals surface area contributed by atoms with Crippen LogP contribution in [0, 0.1) is 0 Å². The van der Waals surface area contributed by atoms with Crippen molar-refractivity contribution in [1.82, 2.24) is 15.1 Å². The third-order valence-electron chi connectivity index (χ3n) is 3.98. The lowest BCUT2D eigenvalue weighted by Crippen LogP contribution is -2.54. The van der Waals surface area contributed by atoms with Gasteiger partial charge in [0.25, 0.3) is 0 Å². The summed E-state index contributed by atoms with van der Waals surface area (Å²) < 4.78 is 22.9. The normalized spacial score (nSPS) is 34.3. The molecule has 0 aromatic heterocycles. The molecule has 0 bridgehead atoms. The fourth-order valence-electron chi connectivity index (χ4n) is 2.67. The van der Waals surface area contributed by atoms with E-state index in [2.05, 4.69) is 22.2 Å². The van der Waals surface area contributed by atoms with Gasteiger partial charge in [0, 0.05) is 38.3 Å². The van der Waals surface area contributed by atoms with E-state index in [1.54, 1.807) is 0 Å². The van der Waals surface area contributed by atoms with Crippen LogP contribution in [-0.4, -0.2) is 82.1 Å². The maximum absolute atomic E-state index is 11.5. The molecule has 0 amide bonds. The lowest BCUT2D eigenvalue weighted by molar-refractivity contribution is 0.135. The number of piperazine rings is 1. The predicted molar refractivity (Wildman–Crippen MR) is 69.0 cm³/mol. The fraction of sp³-hybridized carbons (Fsp3) is 1.00. The maximum atomic E-state index is 11.5. The summed E-state index contributed by atoms with van der Waals surface area (Å²) in [6.07, 6.45) is 0.794. The van der Waals surface area contributed by atoms with Gasteiger partial charge in [-0.15, -0.1) is 0 Å². The van der Waals surface area contributed by atoms with Crippen LogP contribution in [0.1, 0.15) is 6.42 Å². The molecule has 0 spiro atoms. The van der Waals surface area contributed by atoms with Crippen molar-refractivity contribution in [3.63, 3.8) is 0 Å². The van der Waals surface area contributed by atoms with Crippen molar-refractivity contribution in [2.24, 2.45) is 0 Å². The monoisotopic (exact) mass is 261 g/mol. The van der Waals surface area contributed by atoms with Gasteiger partial charge in [0.2, 0.25) is 0 Å². The Morgan fingerprint density at radius 2 is 2.24 bits per heavy atom. The van der Waals surface area contributed by atoms with Crippen LogP contribution in [-0.2, 0) is 9.84 Å². The third kappa shape index (κ3) is 3.40. The van der Waals surface area contributed by atoms with E-state index in [4.69, 9.17) is 0 Å².